The summed E-state index contributed by atoms with van der Waals surface area (Å²) in [6.45, 7) is 2.26. The highest BCUT2D eigenvalue weighted by molar-refractivity contribution is 5.89. The van der Waals surface area contributed by atoms with E-state index in [1.54, 1.807) is 0 Å². The number of nitrogens with zero attached hydrogens (tertiary/aromatic N) is 1. The standard InChI is InChI=1S/C24H33NO2/c1-2-3-4-5-6-18-7-10-21-16-22(12-11-20(21)15-18)24(26)27-23-13-8-19(17-25)9-14-23/h11-12,16,18-19,23H,2-10,13-15H2,1H3/t18?,19-,23-. The van der Waals surface area contributed by atoms with Crippen LogP contribution in [0.2, 0.25) is 0 Å². The fourth-order valence-corrected chi connectivity index (χ4v) is 4.59. The second-order valence-corrected chi connectivity index (χ2v) is 8.45. The molecule has 3 rings (SSSR count). The molecule has 1 fully saturated rings. The number of esters is 1. The molecule has 0 spiro atoms. The van der Waals surface area contributed by atoms with Crippen molar-refractivity contribution in [1.29, 1.82) is 5.26 Å². The van der Waals surface area contributed by atoms with Crippen molar-refractivity contribution in [2.75, 3.05) is 0 Å². The first-order valence-electron chi connectivity index (χ1n) is 10.9. The lowest BCUT2D eigenvalue weighted by Gasteiger charge is -2.26. The van der Waals surface area contributed by atoms with Crippen molar-refractivity contribution in [2.45, 2.75) is 90.1 Å². The van der Waals surface area contributed by atoms with E-state index in [9.17, 15) is 4.79 Å². The summed E-state index contributed by atoms with van der Waals surface area (Å²) >= 11 is 0. The van der Waals surface area contributed by atoms with Gasteiger partial charge in [-0.25, -0.2) is 4.79 Å². The molecule has 0 radical (unpaired) electrons. The zero-order valence-corrected chi connectivity index (χ0v) is 16.7. The predicted octanol–water partition coefficient (Wildman–Crippen LogP) is 6.00. The lowest BCUT2D eigenvalue weighted by atomic mass is 9.81. The van der Waals surface area contributed by atoms with Gasteiger partial charge in [0, 0.05) is 5.92 Å². The zero-order chi connectivity index (χ0) is 19.1. The van der Waals surface area contributed by atoms with Gasteiger partial charge in [0.1, 0.15) is 6.10 Å². The SMILES string of the molecule is CCCCCCC1CCc2cc(C(=O)O[C@H]3CC[C@H](C#N)CC3)ccc2C1. The molecule has 27 heavy (non-hydrogen) atoms. The van der Waals surface area contributed by atoms with Crippen LogP contribution >= 0.6 is 0 Å². The number of nitriles is 1. The number of carbonyl (C=O) groups excluding carboxylic acids is 1. The van der Waals surface area contributed by atoms with Crippen molar-refractivity contribution in [3.63, 3.8) is 0 Å². The fraction of sp³-hybridized carbons (Fsp3) is 0.667. The third-order valence-electron chi connectivity index (χ3n) is 6.37. The number of rotatable bonds is 7. The third-order valence-corrected chi connectivity index (χ3v) is 6.37. The molecular weight excluding hydrogens is 334 g/mol. The molecule has 3 nitrogen and oxygen atoms in total. The van der Waals surface area contributed by atoms with Crippen LogP contribution in [0.3, 0.4) is 0 Å². The quantitative estimate of drug-likeness (QED) is 0.438. The molecule has 146 valence electrons. The Kier molecular flexibility index (Phi) is 7.33. The van der Waals surface area contributed by atoms with Crippen LogP contribution in [0, 0.1) is 23.2 Å². The Labute approximate surface area is 164 Å². The van der Waals surface area contributed by atoms with Gasteiger partial charge in [0.15, 0.2) is 0 Å². The molecule has 0 N–H and O–H groups in total. The van der Waals surface area contributed by atoms with Crippen molar-refractivity contribution in [2.24, 2.45) is 11.8 Å². The summed E-state index contributed by atoms with van der Waals surface area (Å²) in [4.78, 5) is 12.5. The Bertz CT molecular complexity index is 667. The molecule has 0 bridgehead atoms. The van der Waals surface area contributed by atoms with Crippen molar-refractivity contribution in [1.82, 2.24) is 0 Å². The van der Waals surface area contributed by atoms with Crippen LogP contribution in [0.4, 0.5) is 0 Å². The van der Waals surface area contributed by atoms with Gasteiger partial charge in [-0.15, -0.1) is 0 Å². The summed E-state index contributed by atoms with van der Waals surface area (Å²) in [7, 11) is 0. The first-order valence-corrected chi connectivity index (χ1v) is 10.9. The summed E-state index contributed by atoms with van der Waals surface area (Å²) < 4.78 is 5.71. The Morgan fingerprint density at radius 2 is 1.93 bits per heavy atom. The number of ether oxygens (including phenoxy) is 1. The number of hydrogen-bond acceptors (Lipinski definition) is 3. The minimum absolute atomic E-state index is 0.0226. The van der Waals surface area contributed by atoms with Crippen molar-refractivity contribution in [3.8, 4) is 6.07 Å². The van der Waals surface area contributed by atoms with E-state index in [4.69, 9.17) is 10.00 Å². The Hall–Kier alpha value is -1.82. The smallest absolute Gasteiger partial charge is 0.338 e. The van der Waals surface area contributed by atoms with Gasteiger partial charge >= 0.3 is 5.97 Å². The van der Waals surface area contributed by atoms with Crippen LogP contribution in [0.5, 0.6) is 0 Å². The van der Waals surface area contributed by atoms with E-state index >= 15 is 0 Å². The first kappa shape index (κ1) is 19.9. The maximum Gasteiger partial charge on any atom is 0.338 e. The van der Waals surface area contributed by atoms with Gasteiger partial charge in [-0.1, -0.05) is 45.1 Å². The number of fused-ring (bicyclic) bond motifs is 1. The van der Waals surface area contributed by atoms with E-state index in [1.807, 2.05) is 6.07 Å². The van der Waals surface area contributed by atoms with Gasteiger partial charge < -0.3 is 4.74 Å². The number of aryl methyl sites for hydroxylation is 1. The average Bonchev–Trinajstić information content (AvgIpc) is 2.71. The molecule has 2 aliphatic carbocycles. The summed E-state index contributed by atoms with van der Waals surface area (Å²) in [5, 5.41) is 8.98. The Morgan fingerprint density at radius 3 is 2.67 bits per heavy atom. The largest absolute Gasteiger partial charge is 0.459 e. The summed E-state index contributed by atoms with van der Waals surface area (Å²) in [6.07, 6.45) is 13.5. The van der Waals surface area contributed by atoms with Gasteiger partial charge in [-0.2, -0.15) is 5.26 Å². The average molecular weight is 368 g/mol. The highest BCUT2D eigenvalue weighted by Gasteiger charge is 2.25. The van der Waals surface area contributed by atoms with Crippen molar-refractivity contribution < 1.29 is 9.53 Å². The molecule has 3 heteroatoms. The molecule has 1 aromatic carbocycles. The van der Waals surface area contributed by atoms with Gasteiger partial charge in [0.05, 0.1) is 11.6 Å². The minimum Gasteiger partial charge on any atom is -0.459 e. The lowest BCUT2D eigenvalue weighted by molar-refractivity contribution is 0.0187. The maximum absolute atomic E-state index is 12.5. The normalized spacial score (nSPS) is 24.7. The molecule has 1 atom stereocenters. The predicted molar refractivity (Wildman–Crippen MR) is 107 cm³/mol. The molecule has 0 saturated heterocycles. The van der Waals surface area contributed by atoms with Crippen LogP contribution in [0.15, 0.2) is 18.2 Å². The number of unbranched alkanes of at least 4 members (excludes halogenated alkanes) is 3. The van der Waals surface area contributed by atoms with Crippen LogP contribution < -0.4 is 0 Å². The molecule has 1 aromatic rings. The molecule has 0 amide bonds. The van der Waals surface area contributed by atoms with E-state index in [1.165, 1.54) is 49.7 Å². The topological polar surface area (TPSA) is 50.1 Å². The Balaban J connectivity index is 1.51. The van der Waals surface area contributed by atoms with Gasteiger partial charge in [-0.05, 0) is 74.1 Å². The van der Waals surface area contributed by atoms with E-state index in [0.717, 1.165) is 44.4 Å². The van der Waals surface area contributed by atoms with Crippen LogP contribution in [0.25, 0.3) is 0 Å². The number of carbonyl (C=O) groups is 1. The highest BCUT2D eigenvalue weighted by Crippen LogP contribution is 2.31. The summed E-state index contributed by atoms with van der Waals surface area (Å²) in [5.41, 5.74) is 3.45. The molecule has 0 heterocycles. The zero-order valence-electron chi connectivity index (χ0n) is 16.7. The molecular formula is C24H33NO2. The van der Waals surface area contributed by atoms with E-state index in [2.05, 4.69) is 25.1 Å². The van der Waals surface area contributed by atoms with E-state index in [0.29, 0.717) is 5.56 Å². The van der Waals surface area contributed by atoms with Crippen LogP contribution in [-0.2, 0) is 17.6 Å². The molecule has 2 aliphatic rings. The third kappa shape index (κ3) is 5.58. The van der Waals surface area contributed by atoms with Crippen LogP contribution in [0.1, 0.15) is 92.6 Å². The first-order chi connectivity index (χ1) is 13.2. The second kappa shape index (κ2) is 9.93. The summed E-state index contributed by atoms with van der Waals surface area (Å²) in [5.74, 6) is 0.751. The molecule has 0 aromatic heterocycles. The highest BCUT2D eigenvalue weighted by atomic mass is 16.5. The minimum atomic E-state index is -0.195. The summed E-state index contributed by atoms with van der Waals surface area (Å²) in [6, 6.07) is 8.48. The Morgan fingerprint density at radius 1 is 1.11 bits per heavy atom. The van der Waals surface area contributed by atoms with E-state index in [-0.39, 0.29) is 18.0 Å². The van der Waals surface area contributed by atoms with Gasteiger partial charge in [0.25, 0.3) is 0 Å². The lowest BCUT2D eigenvalue weighted by Crippen LogP contribution is -2.24. The second-order valence-electron chi connectivity index (χ2n) is 8.45. The number of benzene rings is 1. The van der Waals surface area contributed by atoms with Gasteiger partial charge in [-0.3, -0.25) is 0 Å². The van der Waals surface area contributed by atoms with Crippen molar-refractivity contribution in [3.05, 3.63) is 34.9 Å². The van der Waals surface area contributed by atoms with Crippen molar-refractivity contribution >= 4 is 5.97 Å². The van der Waals surface area contributed by atoms with E-state index < -0.39 is 0 Å². The number of hydrogen-bond donors (Lipinski definition) is 0. The fourth-order valence-electron chi connectivity index (χ4n) is 4.59. The monoisotopic (exact) mass is 367 g/mol. The molecule has 1 saturated carbocycles. The maximum atomic E-state index is 12.5. The van der Waals surface area contributed by atoms with Gasteiger partial charge in [0.2, 0.25) is 0 Å². The van der Waals surface area contributed by atoms with Crippen LogP contribution in [-0.4, -0.2) is 12.1 Å². The molecule has 0 aliphatic heterocycles. The molecule has 1 unspecified atom stereocenters.